The summed E-state index contributed by atoms with van der Waals surface area (Å²) in [7, 11) is 3.67. The Morgan fingerprint density at radius 3 is 2.93 bits per heavy atom. The fourth-order valence-corrected chi connectivity index (χ4v) is 1.93. The van der Waals surface area contributed by atoms with E-state index in [1.54, 1.807) is 7.11 Å². The van der Waals surface area contributed by atoms with E-state index in [1.807, 2.05) is 29.8 Å². The van der Waals surface area contributed by atoms with E-state index in [1.165, 1.54) is 0 Å². The van der Waals surface area contributed by atoms with Crippen molar-refractivity contribution >= 4 is 27.0 Å². The van der Waals surface area contributed by atoms with E-state index in [9.17, 15) is 0 Å². The highest BCUT2D eigenvalue weighted by molar-refractivity contribution is 9.10. The van der Waals surface area contributed by atoms with Crippen LogP contribution in [0.1, 0.15) is 5.82 Å². The number of para-hydroxylation sites is 1. The van der Waals surface area contributed by atoms with E-state index in [0.717, 1.165) is 21.3 Å². The molecular formula is C10H11BrN2O. The largest absolute Gasteiger partial charge is 0.377 e. The lowest BCUT2D eigenvalue weighted by Crippen LogP contribution is -1.98. The molecule has 4 heteroatoms. The third-order valence-electron chi connectivity index (χ3n) is 2.23. The molecule has 3 nitrogen and oxygen atoms in total. The number of hydrogen-bond donors (Lipinski definition) is 0. The van der Waals surface area contributed by atoms with Gasteiger partial charge in [-0.05, 0) is 28.1 Å². The van der Waals surface area contributed by atoms with Gasteiger partial charge in [0.2, 0.25) is 0 Å². The molecule has 0 fully saturated rings. The molecule has 1 aromatic heterocycles. The first-order valence-electron chi connectivity index (χ1n) is 4.33. The summed E-state index contributed by atoms with van der Waals surface area (Å²) in [5.74, 6) is 0.939. The van der Waals surface area contributed by atoms with Gasteiger partial charge in [0.1, 0.15) is 17.9 Å². The second-order valence-corrected chi connectivity index (χ2v) is 3.98. The first-order chi connectivity index (χ1) is 6.74. The third-order valence-corrected chi connectivity index (χ3v) is 2.87. The van der Waals surface area contributed by atoms with Crippen LogP contribution in [0.5, 0.6) is 0 Å². The molecule has 0 aliphatic heterocycles. The average molecular weight is 255 g/mol. The van der Waals surface area contributed by atoms with Crippen molar-refractivity contribution < 1.29 is 4.74 Å². The Kier molecular flexibility index (Phi) is 2.56. The molecule has 0 radical (unpaired) electrons. The summed E-state index contributed by atoms with van der Waals surface area (Å²) >= 11 is 3.48. The quantitative estimate of drug-likeness (QED) is 0.824. The molecule has 14 heavy (non-hydrogen) atoms. The molecule has 0 amide bonds. The van der Waals surface area contributed by atoms with Crippen molar-refractivity contribution in [2.45, 2.75) is 6.61 Å². The first-order valence-corrected chi connectivity index (χ1v) is 5.12. The van der Waals surface area contributed by atoms with E-state index in [0.29, 0.717) is 6.61 Å². The summed E-state index contributed by atoms with van der Waals surface area (Å²) < 4.78 is 8.15. The van der Waals surface area contributed by atoms with Crippen LogP contribution < -0.4 is 0 Å². The van der Waals surface area contributed by atoms with Gasteiger partial charge < -0.3 is 9.30 Å². The van der Waals surface area contributed by atoms with Gasteiger partial charge in [-0.3, -0.25) is 0 Å². The molecule has 0 unspecified atom stereocenters. The molecule has 0 bridgehead atoms. The zero-order chi connectivity index (χ0) is 10.1. The fraction of sp³-hybridized carbons (Fsp3) is 0.300. The lowest BCUT2D eigenvalue weighted by molar-refractivity contribution is 0.176. The number of rotatable bonds is 2. The molecule has 2 aromatic rings. The Morgan fingerprint density at radius 1 is 1.50 bits per heavy atom. The highest BCUT2D eigenvalue weighted by Gasteiger charge is 2.08. The van der Waals surface area contributed by atoms with Crippen LogP contribution in [-0.4, -0.2) is 16.7 Å². The molecule has 0 saturated heterocycles. The van der Waals surface area contributed by atoms with Crippen molar-refractivity contribution in [1.82, 2.24) is 9.55 Å². The molecule has 0 atom stereocenters. The van der Waals surface area contributed by atoms with Gasteiger partial charge >= 0.3 is 0 Å². The van der Waals surface area contributed by atoms with Crippen LogP contribution in [0.4, 0.5) is 0 Å². The van der Waals surface area contributed by atoms with E-state index >= 15 is 0 Å². The predicted molar refractivity (Wildman–Crippen MR) is 59.1 cm³/mol. The second-order valence-electron chi connectivity index (χ2n) is 3.13. The van der Waals surface area contributed by atoms with Crippen LogP contribution in [0.15, 0.2) is 22.7 Å². The summed E-state index contributed by atoms with van der Waals surface area (Å²) in [4.78, 5) is 4.49. The number of ether oxygens (including phenoxy) is 1. The molecule has 74 valence electrons. The van der Waals surface area contributed by atoms with Gasteiger partial charge in [0.25, 0.3) is 0 Å². The molecule has 1 heterocycles. The monoisotopic (exact) mass is 254 g/mol. The Labute approximate surface area is 90.8 Å². The van der Waals surface area contributed by atoms with Crippen LogP contribution >= 0.6 is 15.9 Å². The van der Waals surface area contributed by atoms with Gasteiger partial charge in [0.15, 0.2) is 0 Å². The van der Waals surface area contributed by atoms with Gasteiger partial charge in [-0.2, -0.15) is 0 Å². The fourth-order valence-electron chi connectivity index (χ4n) is 1.49. The van der Waals surface area contributed by atoms with Crippen LogP contribution in [-0.2, 0) is 18.4 Å². The number of hydrogen-bond acceptors (Lipinski definition) is 2. The lowest BCUT2D eigenvalue weighted by Gasteiger charge is -1.99. The number of benzene rings is 1. The van der Waals surface area contributed by atoms with Crippen molar-refractivity contribution in [3.05, 3.63) is 28.5 Å². The SMILES string of the molecule is COCc1nc2c(Br)cccc2n1C. The molecule has 0 aliphatic rings. The Morgan fingerprint density at radius 2 is 2.29 bits per heavy atom. The summed E-state index contributed by atoms with van der Waals surface area (Å²) in [5, 5.41) is 0. The standard InChI is InChI=1S/C10H11BrN2O/c1-13-8-5-3-4-7(11)10(8)12-9(13)6-14-2/h3-5H,6H2,1-2H3. The number of aryl methyl sites for hydroxylation is 1. The highest BCUT2D eigenvalue weighted by atomic mass is 79.9. The van der Waals surface area contributed by atoms with Crippen molar-refractivity contribution in [3.63, 3.8) is 0 Å². The van der Waals surface area contributed by atoms with Crippen molar-refractivity contribution in [2.24, 2.45) is 7.05 Å². The lowest BCUT2D eigenvalue weighted by atomic mass is 10.3. The maximum absolute atomic E-state index is 5.08. The Balaban J connectivity index is 2.67. The maximum atomic E-state index is 5.08. The zero-order valence-corrected chi connectivity index (χ0v) is 9.71. The third kappa shape index (κ3) is 1.44. The number of fused-ring (bicyclic) bond motifs is 1. The van der Waals surface area contributed by atoms with Crippen LogP contribution in [0, 0.1) is 0 Å². The van der Waals surface area contributed by atoms with Crippen molar-refractivity contribution in [3.8, 4) is 0 Å². The van der Waals surface area contributed by atoms with E-state index in [4.69, 9.17) is 4.74 Å². The Bertz CT molecular complexity index is 464. The predicted octanol–water partition coefficient (Wildman–Crippen LogP) is 2.48. The number of halogens is 1. The Hall–Kier alpha value is -0.870. The second kappa shape index (κ2) is 3.71. The minimum atomic E-state index is 0.539. The molecule has 0 spiro atoms. The molecule has 1 aromatic carbocycles. The molecule has 0 saturated carbocycles. The van der Waals surface area contributed by atoms with E-state index in [2.05, 4.69) is 20.9 Å². The first kappa shape index (κ1) is 9.68. The normalized spacial score (nSPS) is 11.1. The van der Waals surface area contributed by atoms with Crippen molar-refractivity contribution in [2.75, 3.05) is 7.11 Å². The van der Waals surface area contributed by atoms with Crippen LogP contribution in [0.3, 0.4) is 0 Å². The average Bonchev–Trinajstić information content (AvgIpc) is 2.48. The van der Waals surface area contributed by atoms with E-state index < -0.39 is 0 Å². The van der Waals surface area contributed by atoms with Gasteiger partial charge in [0, 0.05) is 18.6 Å². The summed E-state index contributed by atoms with van der Waals surface area (Å²) in [6.07, 6.45) is 0. The minimum Gasteiger partial charge on any atom is -0.377 e. The van der Waals surface area contributed by atoms with Crippen LogP contribution in [0.25, 0.3) is 11.0 Å². The molecule has 0 N–H and O–H groups in total. The number of aromatic nitrogens is 2. The highest BCUT2D eigenvalue weighted by Crippen LogP contribution is 2.23. The van der Waals surface area contributed by atoms with Crippen LogP contribution in [0.2, 0.25) is 0 Å². The van der Waals surface area contributed by atoms with E-state index in [-0.39, 0.29) is 0 Å². The molecule has 2 rings (SSSR count). The minimum absolute atomic E-state index is 0.539. The summed E-state index contributed by atoms with van der Waals surface area (Å²) in [5.41, 5.74) is 2.11. The summed E-state index contributed by atoms with van der Waals surface area (Å²) in [6.45, 7) is 0.539. The molecular weight excluding hydrogens is 244 g/mol. The zero-order valence-electron chi connectivity index (χ0n) is 8.12. The molecule has 0 aliphatic carbocycles. The van der Waals surface area contributed by atoms with Gasteiger partial charge in [-0.25, -0.2) is 4.98 Å². The maximum Gasteiger partial charge on any atom is 0.135 e. The van der Waals surface area contributed by atoms with Gasteiger partial charge in [-0.15, -0.1) is 0 Å². The smallest absolute Gasteiger partial charge is 0.135 e. The van der Waals surface area contributed by atoms with Crippen molar-refractivity contribution in [1.29, 1.82) is 0 Å². The number of imidazole rings is 1. The van der Waals surface area contributed by atoms with Gasteiger partial charge in [-0.1, -0.05) is 6.07 Å². The number of nitrogens with zero attached hydrogens (tertiary/aromatic N) is 2. The van der Waals surface area contributed by atoms with Gasteiger partial charge in [0.05, 0.1) is 5.52 Å². The topological polar surface area (TPSA) is 27.1 Å². The number of methoxy groups -OCH3 is 1. The summed E-state index contributed by atoms with van der Waals surface area (Å²) in [6, 6.07) is 6.04.